The number of ether oxygens (including phenoxy) is 1. The van der Waals surface area contributed by atoms with Gasteiger partial charge in [-0.2, -0.15) is 0 Å². The fraction of sp³-hybridized carbons (Fsp3) is 0.571. The average molecular weight is 272 g/mol. The first-order valence-corrected chi connectivity index (χ1v) is 6.81. The van der Waals surface area contributed by atoms with Gasteiger partial charge in [0.2, 0.25) is 0 Å². The molecule has 1 aromatic rings. The van der Waals surface area contributed by atoms with Crippen molar-refractivity contribution in [3.8, 4) is 5.75 Å². The van der Waals surface area contributed by atoms with E-state index in [-0.39, 0.29) is 12.6 Å². The van der Waals surface area contributed by atoms with Crippen molar-refractivity contribution in [2.24, 2.45) is 5.73 Å². The highest BCUT2D eigenvalue weighted by molar-refractivity contribution is 6.32. The predicted molar refractivity (Wildman–Crippen MR) is 75.1 cm³/mol. The molecule has 0 saturated carbocycles. The van der Waals surface area contributed by atoms with Crippen molar-refractivity contribution in [1.29, 1.82) is 0 Å². The molecule has 102 valence electrons. The largest absolute Gasteiger partial charge is 0.492 e. The highest BCUT2D eigenvalue weighted by atomic mass is 35.5. The van der Waals surface area contributed by atoms with E-state index in [0.29, 0.717) is 17.4 Å². The molecule has 0 bridgehead atoms. The maximum atomic E-state index is 8.65. The molecular weight excluding hydrogens is 250 g/mol. The van der Waals surface area contributed by atoms with Crippen molar-refractivity contribution in [2.45, 2.75) is 38.6 Å². The summed E-state index contributed by atoms with van der Waals surface area (Å²) in [6.45, 7) is 2.85. The van der Waals surface area contributed by atoms with E-state index in [1.807, 2.05) is 25.1 Å². The summed E-state index contributed by atoms with van der Waals surface area (Å²) in [5.74, 6) is 0.711. The Balaban J connectivity index is 2.34. The Bertz CT molecular complexity index is 356. The van der Waals surface area contributed by atoms with Crippen LogP contribution in [-0.4, -0.2) is 18.3 Å². The molecule has 1 rings (SSSR count). The summed E-state index contributed by atoms with van der Waals surface area (Å²) in [4.78, 5) is 0. The van der Waals surface area contributed by atoms with Crippen molar-refractivity contribution in [1.82, 2.24) is 0 Å². The van der Waals surface area contributed by atoms with Crippen LogP contribution in [0.25, 0.3) is 0 Å². The van der Waals surface area contributed by atoms with Gasteiger partial charge < -0.3 is 15.6 Å². The van der Waals surface area contributed by atoms with E-state index in [0.717, 1.165) is 31.2 Å². The van der Waals surface area contributed by atoms with Crippen molar-refractivity contribution in [3.63, 3.8) is 0 Å². The summed E-state index contributed by atoms with van der Waals surface area (Å²) in [6.07, 6.45) is 3.95. The van der Waals surface area contributed by atoms with Crippen LogP contribution in [0.1, 0.15) is 44.2 Å². The Morgan fingerprint density at radius 1 is 1.28 bits per heavy atom. The minimum absolute atomic E-state index is 0.0185. The second kappa shape index (κ2) is 8.35. The number of unbranched alkanes of at least 4 members (excludes halogenated alkanes) is 3. The first-order valence-electron chi connectivity index (χ1n) is 6.44. The van der Waals surface area contributed by atoms with Gasteiger partial charge in [0.15, 0.2) is 0 Å². The molecule has 0 amide bonds. The number of nitrogens with two attached hydrogens (primary N) is 1. The molecule has 1 aromatic carbocycles. The highest BCUT2D eigenvalue weighted by Gasteiger charge is 2.05. The summed E-state index contributed by atoms with van der Waals surface area (Å²) < 4.78 is 5.62. The van der Waals surface area contributed by atoms with Gasteiger partial charge in [-0.25, -0.2) is 0 Å². The van der Waals surface area contributed by atoms with Gasteiger partial charge in [-0.1, -0.05) is 24.1 Å². The highest BCUT2D eigenvalue weighted by Crippen LogP contribution is 2.27. The summed E-state index contributed by atoms with van der Waals surface area (Å²) in [7, 11) is 0. The summed E-state index contributed by atoms with van der Waals surface area (Å²) in [5, 5.41) is 9.26. The van der Waals surface area contributed by atoms with E-state index in [1.54, 1.807) is 0 Å². The van der Waals surface area contributed by atoms with Crippen LogP contribution in [-0.2, 0) is 0 Å². The molecule has 0 heterocycles. The zero-order valence-corrected chi connectivity index (χ0v) is 11.6. The fourth-order valence-corrected chi connectivity index (χ4v) is 1.91. The van der Waals surface area contributed by atoms with Crippen molar-refractivity contribution >= 4 is 11.6 Å². The molecule has 0 aliphatic carbocycles. The number of rotatable bonds is 8. The number of benzene rings is 1. The molecule has 0 spiro atoms. The van der Waals surface area contributed by atoms with Crippen LogP contribution < -0.4 is 10.5 Å². The molecular formula is C14H22ClNO2. The lowest BCUT2D eigenvalue weighted by molar-refractivity contribution is 0.273. The number of aliphatic hydroxyl groups is 1. The molecule has 0 aromatic heterocycles. The minimum atomic E-state index is -0.0185. The van der Waals surface area contributed by atoms with Crippen molar-refractivity contribution < 1.29 is 9.84 Å². The maximum absolute atomic E-state index is 8.65. The van der Waals surface area contributed by atoms with Crippen LogP contribution in [0.15, 0.2) is 18.2 Å². The van der Waals surface area contributed by atoms with Gasteiger partial charge in [-0.05, 0) is 43.9 Å². The molecule has 0 saturated heterocycles. The third-order valence-corrected chi connectivity index (χ3v) is 3.09. The van der Waals surface area contributed by atoms with Crippen LogP contribution in [0.5, 0.6) is 5.75 Å². The molecule has 3 nitrogen and oxygen atoms in total. The minimum Gasteiger partial charge on any atom is -0.492 e. The quantitative estimate of drug-likeness (QED) is 0.714. The smallest absolute Gasteiger partial charge is 0.137 e. The molecule has 3 N–H and O–H groups in total. The monoisotopic (exact) mass is 271 g/mol. The van der Waals surface area contributed by atoms with E-state index in [2.05, 4.69) is 0 Å². The zero-order chi connectivity index (χ0) is 13.4. The van der Waals surface area contributed by atoms with Gasteiger partial charge in [-0.3, -0.25) is 0 Å². The Morgan fingerprint density at radius 3 is 2.61 bits per heavy atom. The van der Waals surface area contributed by atoms with Gasteiger partial charge in [0.25, 0.3) is 0 Å². The standard InChI is InChI=1S/C14H22ClNO2/c1-11(16)12-6-7-14(13(15)10-12)18-9-5-3-2-4-8-17/h6-7,10-11,17H,2-5,8-9,16H2,1H3/t11-/m0/s1. The first kappa shape index (κ1) is 15.3. The van der Waals surface area contributed by atoms with E-state index < -0.39 is 0 Å². The summed E-state index contributed by atoms with van der Waals surface area (Å²) in [5.41, 5.74) is 6.79. The lowest BCUT2D eigenvalue weighted by Gasteiger charge is -2.11. The number of hydrogen-bond donors (Lipinski definition) is 2. The maximum Gasteiger partial charge on any atom is 0.137 e. The second-order valence-corrected chi connectivity index (χ2v) is 4.87. The van der Waals surface area contributed by atoms with Crippen LogP contribution >= 0.6 is 11.6 Å². The lowest BCUT2D eigenvalue weighted by atomic mass is 10.1. The van der Waals surface area contributed by atoms with Gasteiger partial charge in [0.1, 0.15) is 5.75 Å². The first-order chi connectivity index (χ1) is 8.65. The Labute approximate surface area is 114 Å². The van der Waals surface area contributed by atoms with Gasteiger partial charge in [0, 0.05) is 12.6 Å². The molecule has 0 radical (unpaired) electrons. The van der Waals surface area contributed by atoms with E-state index in [9.17, 15) is 0 Å². The van der Waals surface area contributed by atoms with E-state index in [4.69, 9.17) is 27.2 Å². The Morgan fingerprint density at radius 2 is 2.00 bits per heavy atom. The Hall–Kier alpha value is -0.770. The van der Waals surface area contributed by atoms with Crippen molar-refractivity contribution in [3.05, 3.63) is 28.8 Å². The van der Waals surface area contributed by atoms with Crippen LogP contribution in [0.4, 0.5) is 0 Å². The van der Waals surface area contributed by atoms with Crippen LogP contribution in [0, 0.1) is 0 Å². The SMILES string of the molecule is C[C@H](N)c1ccc(OCCCCCCO)c(Cl)c1. The third kappa shape index (κ3) is 5.25. The average Bonchev–Trinajstić information content (AvgIpc) is 2.35. The molecule has 18 heavy (non-hydrogen) atoms. The lowest BCUT2D eigenvalue weighted by Crippen LogP contribution is -2.05. The molecule has 1 atom stereocenters. The molecule has 0 unspecified atom stereocenters. The topological polar surface area (TPSA) is 55.5 Å². The molecule has 0 aliphatic heterocycles. The number of halogens is 1. The third-order valence-electron chi connectivity index (χ3n) is 2.79. The fourth-order valence-electron chi connectivity index (χ4n) is 1.67. The molecule has 0 aliphatic rings. The van der Waals surface area contributed by atoms with Gasteiger partial charge in [-0.15, -0.1) is 0 Å². The van der Waals surface area contributed by atoms with Crippen LogP contribution in [0.3, 0.4) is 0 Å². The normalized spacial score (nSPS) is 12.4. The second-order valence-electron chi connectivity index (χ2n) is 4.46. The van der Waals surface area contributed by atoms with Gasteiger partial charge >= 0.3 is 0 Å². The number of aliphatic hydroxyl groups excluding tert-OH is 1. The van der Waals surface area contributed by atoms with Crippen molar-refractivity contribution in [2.75, 3.05) is 13.2 Å². The molecule has 4 heteroatoms. The Kier molecular flexibility index (Phi) is 7.09. The summed E-state index contributed by atoms with van der Waals surface area (Å²) in [6, 6.07) is 5.65. The van der Waals surface area contributed by atoms with Crippen LogP contribution in [0.2, 0.25) is 5.02 Å². The van der Waals surface area contributed by atoms with Gasteiger partial charge in [0.05, 0.1) is 11.6 Å². The molecule has 0 fully saturated rings. The van der Waals surface area contributed by atoms with E-state index >= 15 is 0 Å². The van der Waals surface area contributed by atoms with E-state index in [1.165, 1.54) is 0 Å². The predicted octanol–water partition coefficient (Wildman–Crippen LogP) is 3.29. The zero-order valence-electron chi connectivity index (χ0n) is 10.9. The number of hydrogen-bond acceptors (Lipinski definition) is 3. The summed E-state index contributed by atoms with van der Waals surface area (Å²) >= 11 is 6.12.